The number of anilines is 1. The van der Waals surface area contributed by atoms with E-state index in [2.05, 4.69) is 57.3 Å². The van der Waals surface area contributed by atoms with E-state index in [1.54, 1.807) is 0 Å². The van der Waals surface area contributed by atoms with Crippen LogP contribution in [0.4, 0.5) is 5.69 Å². The zero-order valence-corrected chi connectivity index (χ0v) is 16.6. The topological polar surface area (TPSA) is 30.5 Å². The van der Waals surface area contributed by atoms with E-state index in [-0.39, 0.29) is 0 Å². The molecule has 0 unspecified atom stereocenters. The predicted molar refractivity (Wildman–Crippen MR) is 110 cm³/mol. The highest BCUT2D eigenvalue weighted by molar-refractivity contribution is 5.47. The highest BCUT2D eigenvalue weighted by Crippen LogP contribution is 2.19. The molecule has 0 fully saturated rings. The third kappa shape index (κ3) is 7.81. The molecular weight excluding hydrogens is 322 g/mol. The van der Waals surface area contributed by atoms with Crippen LogP contribution in [-0.4, -0.2) is 13.2 Å². The summed E-state index contributed by atoms with van der Waals surface area (Å²) in [6.07, 6.45) is 2.16. The van der Waals surface area contributed by atoms with Crippen LogP contribution in [0.1, 0.15) is 46.1 Å². The van der Waals surface area contributed by atoms with Gasteiger partial charge in [0, 0.05) is 12.2 Å². The molecule has 0 saturated carbocycles. The number of hydrogen-bond donors (Lipinski definition) is 1. The van der Waals surface area contributed by atoms with Crippen molar-refractivity contribution in [2.45, 2.75) is 47.1 Å². The summed E-state index contributed by atoms with van der Waals surface area (Å²) in [4.78, 5) is 0. The Morgan fingerprint density at radius 1 is 0.769 bits per heavy atom. The summed E-state index contributed by atoms with van der Waals surface area (Å²) in [6, 6.07) is 16.5. The van der Waals surface area contributed by atoms with Crippen molar-refractivity contribution < 1.29 is 9.47 Å². The molecular formula is C23H33NO2. The van der Waals surface area contributed by atoms with Crippen LogP contribution in [0.3, 0.4) is 0 Å². The Balaban J connectivity index is 1.79. The largest absolute Gasteiger partial charge is 0.494 e. The van der Waals surface area contributed by atoms with Gasteiger partial charge in [-0.3, -0.25) is 0 Å². The van der Waals surface area contributed by atoms with Crippen molar-refractivity contribution in [3.8, 4) is 11.5 Å². The van der Waals surface area contributed by atoms with E-state index in [0.717, 1.165) is 49.8 Å². The highest BCUT2D eigenvalue weighted by atomic mass is 16.5. The van der Waals surface area contributed by atoms with Gasteiger partial charge in [-0.25, -0.2) is 0 Å². The van der Waals surface area contributed by atoms with E-state index < -0.39 is 0 Å². The van der Waals surface area contributed by atoms with Crippen molar-refractivity contribution in [1.29, 1.82) is 0 Å². The zero-order chi connectivity index (χ0) is 18.8. The summed E-state index contributed by atoms with van der Waals surface area (Å²) in [5.41, 5.74) is 2.30. The molecule has 0 radical (unpaired) electrons. The van der Waals surface area contributed by atoms with Crippen LogP contribution in [0, 0.1) is 11.8 Å². The number of rotatable bonds is 11. The Labute approximate surface area is 158 Å². The number of benzene rings is 2. The third-order valence-corrected chi connectivity index (χ3v) is 4.18. The van der Waals surface area contributed by atoms with Crippen LogP contribution < -0.4 is 14.8 Å². The summed E-state index contributed by atoms with van der Waals surface area (Å²) in [5, 5.41) is 3.45. The predicted octanol–water partition coefficient (Wildman–Crippen LogP) is 6.15. The normalized spacial score (nSPS) is 11.0. The lowest BCUT2D eigenvalue weighted by Gasteiger charge is -2.11. The molecule has 0 atom stereocenters. The summed E-state index contributed by atoms with van der Waals surface area (Å²) < 4.78 is 11.6. The third-order valence-electron chi connectivity index (χ3n) is 4.18. The highest BCUT2D eigenvalue weighted by Gasteiger charge is 2.01. The molecule has 0 amide bonds. The molecule has 2 aromatic carbocycles. The summed E-state index contributed by atoms with van der Waals surface area (Å²) >= 11 is 0. The molecule has 0 aliphatic rings. The van der Waals surface area contributed by atoms with Crippen molar-refractivity contribution in [3.63, 3.8) is 0 Å². The van der Waals surface area contributed by atoms with Gasteiger partial charge in [-0.05, 0) is 66.6 Å². The average molecular weight is 356 g/mol. The van der Waals surface area contributed by atoms with E-state index in [4.69, 9.17) is 9.47 Å². The molecule has 2 rings (SSSR count). The number of hydrogen-bond acceptors (Lipinski definition) is 3. The van der Waals surface area contributed by atoms with E-state index in [9.17, 15) is 0 Å². The van der Waals surface area contributed by atoms with Gasteiger partial charge >= 0.3 is 0 Å². The quantitative estimate of drug-likeness (QED) is 0.524. The summed E-state index contributed by atoms with van der Waals surface area (Å²) in [7, 11) is 0. The second-order valence-corrected chi connectivity index (χ2v) is 7.59. The Kier molecular flexibility index (Phi) is 8.33. The molecule has 142 valence electrons. The fourth-order valence-corrected chi connectivity index (χ4v) is 2.44. The lowest BCUT2D eigenvalue weighted by atomic mass is 10.1. The van der Waals surface area contributed by atoms with Crippen molar-refractivity contribution in [2.24, 2.45) is 11.8 Å². The van der Waals surface area contributed by atoms with E-state index in [1.165, 1.54) is 5.56 Å². The molecule has 0 spiro atoms. The van der Waals surface area contributed by atoms with Crippen LogP contribution in [0.2, 0.25) is 0 Å². The van der Waals surface area contributed by atoms with Gasteiger partial charge in [-0.1, -0.05) is 39.8 Å². The maximum Gasteiger partial charge on any atom is 0.119 e. The minimum Gasteiger partial charge on any atom is -0.494 e. The molecule has 26 heavy (non-hydrogen) atoms. The summed E-state index contributed by atoms with van der Waals surface area (Å²) in [6.45, 7) is 11.2. The second kappa shape index (κ2) is 10.7. The molecule has 0 aliphatic heterocycles. The Morgan fingerprint density at radius 3 is 2.00 bits per heavy atom. The first kappa shape index (κ1) is 20.2. The number of ether oxygens (including phenoxy) is 2. The van der Waals surface area contributed by atoms with Crippen LogP contribution >= 0.6 is 0 Å². The minimum atomic E-state index is 0.664. The van der Waals surface area contributed by atoms with Crippen LogP contribution in [0.15, 0.2) is 48.5 Å². The van der Waals surface area contributed by atoms with E-state index in [0.29, 0.717) is 11.8 Å². The van der Waals surface area contributed by atoms with E-state index in [1.807, 2.05) is 24.3 Å². The molecule has 1 N–H and O–H groups in total. The number of nitrogens with one attached hydrogen (secondary N) is 1. The molecule has 0 saturated heterocycles. The van der Waals surface area contributed by atoms with Crippen molar-refractivity contribution in [1.82, 2.24) is 0 Å². The Hall–Kier alpha value is -2.16. The van der Waals surface area contributed by atoms with Gasteiger partial charge in [0.25, 0.3) is 0 Å². The fourth-order valence-electron chi connectivity index (χ4n) is 2.44. The second-order valence-electron chi connectivity index (χ2n) is 7.59. The van der Waals surface area contributed by atoms with Crippen LogP contribution in [0.5, 0.6) is 11.5 Å². The van der Waals surface area contributed by atoms with Crippen LogP contribution in [0.25, 0.3) is 0 Å². The van der Waals surface area contributed by atoms with Gasteiger partial charge in [0.15, 0.2) is 0 Å². The lowest BCUT2D eigenvalue weighted by molar-refractivity contribution is 0.289. The smallest absolute Gasteiger partial charge is 0.119 e. The standard InChI is InChI=1S/C23H33NO2/c1-18(2)12-14-25-22-10-8-21(9-11-22)24-17-20-6-5-7-23(16-20)26-15-13-19(3)4/h5-11,16,18-19,24H,12-15,17H2,1-4H3. The fraction of sp³-hybridized carbons (Fsp3) is 0.478. The van der Waals surface area contributed by atoms with Gasteiger partial charge in [-0.15, -0.1) is 0 Å². The first-order valence-electron chi connectivity index (χ1n) is 9.71. The van der Waals surface area contributed by atoms with Gasteiger partial charge in [0.1, 0.15) is 11.5 Å². The average Bonchev–Trinajstić information content (AvgIpc) is 2.61. The molecule has 0 bridgehead atoms. The Bertz CT molecular complexity index is 635. The molecule has 0 heterocycles. The molecule has 3 heteroatoms. The SMILES string of the molecule is CC(C)CCOc1ccc(NCc2cccc(OCCC(C)C)c2)cc1. The molecule has 2 aromatic rings. The summed E-state index contributed by atoms with van der Waals surface area (Å²) in [5.74, 6) is 3.20. The van der Waals surface area contributed by atoms with Crippen molar-refractivity contribution in [3.05, 3.63) is 54.1 Å². The van der Waals surface area contributed by atoms with Gasteiger partial charge in [0.2, 0.25) is 0 Å². The van der Waals surface area contributed by atoms with Crippen LogP contribution in [-0.2, 0) is 6.54 Å². The van der Waals surface area contributed by atoms with Crippen molar-refractivity contribution in [2.75, 3.05) is 18.5 Å². The lowest BCUT2D eigenvalue weighted by Crippen LogP contribution is -2.03. The van der Waals surface area contributed by atoms with E-state index >= 15 is 0 Å². The van der Waals surface area contributed by atoms with Gasteiger partial charge in [0.05, 0.1) is 13.2 Å². The molecule has 3 nitrogen and oxygen atoms in total. The molecule has 0 aliphatic carbocycles. The maximum atomic E-state index is 5.84. The van der Waals surface area contributed by atoms with Gasteiger partial charge in [-0.2, -0.15) is 0 Å². The first-order valence-corrected chi connectivity index (χ1v) is 9.71. The zero-order valence-electron chi connectivity index (χ0n) is 16.6. The first-order chi connectivity index (χ1) is 12.5. The minimum absolute atomic E-state index is 0.664. The molecule has 0 aromatic heterocycles. The van der Waals surface area contributed by atoms with Gasteiger partial charge < -0.3 is 14.8 Å². The monoisotopic (exact) mass is 355 g/mol. The Morgan fingerprint density at radius 2 is 1.38 bits per heavy atom. The maximum absolute atomic E-state index is 5.84. The van der Waals surface area contributed by atoms with Crippen molar-refractivity contribution >= 4 is 5.69 Å².